The third-order valence-electron chi connectivity index (χ3n) is 6.35. The molecule has 3 heterocycles. The zero-order valence-electron chi connectivity index (χ0n) is 18.6. The number of nitrogens with zero attached hydrogens (tertiary/aromatic N) is 2. The molecule has 0 bridgehead atoms. The second-order valence-corrected chi connectivity index (χ2v) is 12.0. The molecule has 3 aromatic rings. The van der Waals surface area contributed by atoms with E-state index in [4.69, 9.17) is 11.6 Å². The average molecular weight is 545 g/mol. The summed E-state index contributed by atoms with van der Waals surface area (Å²) in [7, 11) is -1.74. The van der Waals surface area contributed by atoms with Gasteiger partial charge >= 0.3 is 0 Å². The van der Waals surface area contributed by atoms with E-state index in [9.17, 15) is 13.2 Å². The summed E-state index contributed by atoms with van der Waals surface area (Å²) in [6.45, 7) is 1.74. The van der Waals surface area contributed by atoms with Gasteiger partial charge in [0.2, 0.25) is 0 Å². The fraction of sp³-hybridized carbons (Fsp3) is 0.455. The number of thiazole rings is 1. The van der Waals surface area contributed by atoms with Gasteiger partial charge in [0.25, 0.3) is 15.9 Å². The first-order valence-corrected chi connectivity index (χ1v) is 13.7. The molecule has 2 aromatic heterocycles. The zero-order chi connectivity index (χ0) is 23.2. The van der Waals surface area contributed by atoms with Gasteiger partial charge in [0, 0.05) is 52.4 Å². The Kier molecular flexibility index (Phi) is 7.56. The molecule has 0 saturated heterocycles. The molecule has 1 saturated carbocycles. The Balaban J connectivity index is 0.00000274. The Bertz CT molecular complexity index is 1310. The molecule has 12 heteroatoms. The van der Waals surface area contributed by atoms with Crippen LogP contribution >= 0.6 is 35.3 Å². The van der Waals surface area contributed by atoms with E-state index in [1.807, 2.05) is 0 Å². The van der Waals surface area contributed by atoms with Crippen LogP contribution in [0.15, 0.2) is 29.3 Å². The van der Waals surface area contributed by atoms with Crippen LogP contribution in [0.25, 0.3) is 10.9 Å². The van der Waals surface area contributed by atoms with Crippen LogP contribution in [0.2, 0.25) is 5.02 Å². The number of hydrogen-bond acceptors (Lipinski definition) is 6. The second-order valence-electron chi connectivity index (χ2n) is 8.83. The SMILES string of the molecule is CN1CCc2nc(C(=O)NC3CCCCC3NS(=O)(=O)c3cc4cc(Cl)ccc4[nH]3)sc2C1.Cl. The van der Waals surface area contributed by atoms with Gasteiger partial charge in [-0.25, -0.2) is 18.1 Å². The molecule has 1 aromatic carbocycles. The van der Waals surface area contributed by atoms with Gasteiger partial charge in [0.15, 0.2) is 5.01 Å². The molecular weight excluding hydrogens is 517 g/mol. The molecule has 8 nitrogen and oxygen atoms in total. The van der Waals surface area contributed by atoms with Crippen LogP contribution in [0.1, 0.15) is 46.1 Å². The Morgan fingerprint density at radius 1 is 1.24 bits per heavy atom. The third-order valence-corrected chi connectivity index (χ3v) is 9.08. The average Bonchev–Trinajstić information content (AvgIpc) is 3.39. The summed E-state index contributed by atoms with van der Waals surface area (Å²) in [6, 6.07) is 6.10. The van der Waals surface area contributed by atoms with Crippen LogP contribution in [-0.2, 0) is 23.0 Å². The van der Waals surface area contributed by atoms with Crippen LogP contribution in [0, 0.1) is 0 Å². The van der Waals surface area contributed by atoms with Gasteiger partial charge in [0.1, 0.15) is 5.03 Å². The lowest BCUT2D eigenvalue weighted by Crippen LogP contribution is -2.53. The fourth-order valence-corrected chi connectivity index (χ4v) is 7.19. The van der Waals surface area contributed by atoms with Crippen molar-refractivity contribution in [2.75, 3.05) is 13.6 Å². The Labute approximate surface area is 213 Å². The smallest absolute Gasteiger partial charge is 0.280 e. The summed E-state index contributed by atoms with van der Waals surface area (Å²) in [5.41, 5.74) is 1.70. The highest BCUT2D eigenvalue weighted by Gasteiger charge is 2.32. The van der Waals surface area contributed by atoms with E-state index in [-0.39, 0.29) is 35.4 Å². The van der Waals surface area contributed by atoms with Crippen LogP contribution < -0.4 is 10.0 Å². The number of carbonyl (C=O) groups excluding carboxylic acids is 1. The maximum atomic E-state index is 13.1. The predicted molar refractivity (Wildman–Crippen MR) is 137 cm³/mol. The zero-order valence-corrected chi connectivity index (χ0v) is 21.8. The fourth-order valence-electron chi connectivity index (χ4n) is 4.58. The van der Waals surface area contributed by atoms with Crippen LogP contribution in [0.3, 0.4) is 0 Å². The molecule has 2 aliphatic rings. The highest BCUT2D eigenvalue weighted by Crippen LogP contribution is 2.27. The standard InChI is InChI=1S/C22H26ClN5O3S2.ClH/c1-28-9-8-18-19(12-28)32-22(26-18)21(29)25-16-4-2-3-5-17(16)27-33(30,31)20-11-13-10-14(23)6-7-15(13)24-20;/h6-7,10-11,16-17,24,27H,2-5,8-9,12H2,1H3,(H,25,29);1H. The molecular formula is C22H27Cl2N5O3S2. The maximum Gasteiger partial charge on any atom is 0.280 e. The lowest BCUT2D eigenvalue weighted by molar-refractivity contribution is 0.0918. The summed E-state index contributed by atoms with van der Waals surface area (Å²) in [6.07, 6.45) is 4.06. The molecule has 2 atom stereocenters. The molecule has 0 radical (unpaired) electrons. The van der Waals surface area contributed by atoms with Crippen molar-refractivity contribution in [3.05, 3.63) is 44.9 Å². The first kappa shape index (κ1) is 25.4. The van der Waals surface area contributed by atoms with Crippen molar-refractivity contribution >= 4 is 62.2 Å². The number of halogens is 2. The number of H-pyrrole nitrogens is 1. The number of carbonyl (C=O) groups is 1. The molecule has 0 spiro atoms. The van der Waals surface area contributed by atoms with Crippen molar-refractivity contribution in [1.29, 1.82) is 0 Å². The Morgan fingerprint density at radius 2 is 2.00 bits per heavy atom. The van der Waals surface area contributed by atoms with Crippen molar-refractivity contribution in [3.8, 4) is 0 Å². The quantitative estimate of drug-likeness (QED) is 0.454. The van der Waals surface area contributed by atoms with Gasteiger partial charge in [-0.1, -0.05) is 24.4 Å². The summed E-state index contributed by atoms with van der Waals surface area (Å²) >= 11 is 7.46. The van der Waals surface area contributed by atoms with E-state index >= 15 is 0 Å². The summed E-state index contributed by atoms with van der Waals surface area (Å²) in [5, 5.41) is 4.87. The minimum Gasteiger partial charge on any atom is -0.346 e. The van der Waals surface area contributed by atoms with E-state index in [1.165, 1.54) is 11.3 Å². The number of fused-ring (bicyclic) bond motifs is 2. The van der Waals surface area contributed by atoms with Gasteiger partial charge in [-0.3, -0.25) is 4.79 Å². The monoisotopic (exact) mass is 543 g/mol. The number of benzene rings is 1. The minimum atomic E-state index is -3.79. The number of hydrogen-bond donors (Lipinski definition) is 3. The number of sulfonamides is 1. The van der Waals surface area contributed by atoms with Gasteiger partial charge in [-0.2, -0.15) is 0 Å². The van der Waals surface area contributed by atoms with E-state index < -0.39 is 10.0 Å². The normalized spacial score (nSPS) is 21.1. The molecule has 3 N–H and O–H groups in total. The molecule has 1 fully saturated rings. The summed E-state index contributed by atoms with van der Waals surface area (Å²) in [5.74, 6) is -0.228. The lowest BCUT2D eigenvalue weighted by atomic mass is 9.91. The minimum absolute atomic E-state index is 0. The molecule has 1 aliphatic carbocycles. The van der Waals surface area contributed by atoms with Gasteiger partial charge in [0.05, 0.1) is 5.69 Å². The van der Waals surface area contributed by atoms with E-state index in [2.05, 4.69) is 32.0 Å². The Hall–Kier alpha value is -1.69. The molecule has 184 valence electrons. The Morgan fingerprint density at radius 3 is 2.79 bits per heavy atom. The summed E-state index contributed by atoms with van der Waals surface area (Å²) in [4.78, 5) is 23.8. The maximum absolute atomic E-state index is 13.1. The predicted octanol–water partition coefficient (Wildman–Crippen LogP) is 3.71. The van der Waals surface area contributed by atoms with Crippen molar-refractivity contribution in [3.63, 3.8) is 0 Å². The lowest BCUT2D eigenvalue weighted by Gasteiger charge is -2.32. The van der Waals surface area contributed by atoms with Gasteiger partial charge in [-0.05, 0) is 44.2 Å². The van der Waals surface area contributed by atoms with Crippen LogP contribution in [-0.4, -0.2) is 54.9 Å². The second kappa shape index (κ2) is 10.1. The van der Waals surface area contributed by atoms with Gasteiger partial charge < -0.3 is 15.2 Å². The van der Waals surface area contributed by atoms with Crippen molar-refractivity contribution in [2.45, 2.75) is 55.8 Å². The van der Waals surface area contributed by atoms with E-state index in [0.717, 1.165) is 54.7 Å². The number of likely N-dealkylation sites (N-methyl/N-ethyl adjacent to an activating group) is 1. The number of aromatic nitrogens is 2. The van der Waals surface area contributed by atoms with Crippen molar-refractivity contribution in [2.24, 2.45) is 0 Å². The highest BCUT2D eigenvalue weighted by atomic mass is 35.5. The van der Waals surface area contributed by atoms with Crippen LogP contribution in [0.5, 0.6) is 0 Å². The number of nitrogens with one attached hydrogen (secondary N) is 3. The topological polar surface area (TPSA) is 107 Å². The van der Waals surface area contributed by atoms with E-state index in [1.54, 1.807) is 24.3 Å². The number of aromatic amines is 1. The number of amides is 1. The van der Waals surface area contributed by atoms with E-state index in [0.29, 0.717) is 22.0 Å². The third kappa shape index (κ3) is 5.27. The number of rotatable bonds is 5. The highest BCUT2D eigenvalue weighted by molar-refractivity contribution is 7.89. The molecule has 1 aliphatic heterocycles. The molecule has 2 unspecified atom stereocenters. The van der Waals surface area contributed by atoms with Crippen LogP contribution in [0.4, 0.5) is 0 Å². The largest absolute Gasteiger partial charge is 0.346 e. The van der Waals surface area contributed by atoms with Gasteiger partial charge in [-0.15, -0.1) is 23.7 Å². The molecule has 1 amide bonds. The van der Waals surface area contributed by atoms with Crippen molar-refractivity contribution < 1.29 is 13.2 Å². The molecule has 34 heavy (non-hydrogen) atoms. The summed E-state index contributed by atoms with van der Waals surface area (Å²) < 4.78 is 29.1. The first-order chi connectivity index (χ1) is 15.8. The van der Waals surface area contributed by atoms with Crippen molar-refractivity contribution in [1.82, 2.24) is 24.9 Å². The molecule has 5 rings (SSSR count). The first-order valence-electron chi connectivity index (χ1n) is 11.1.